The summed E-state index contributed by atoms with van der Waals surface area (Å²) in [5.41, 5.74) is 0.121. The van der Waals surface area contributed by atoms with Gasteiger partial charge in [0.2, 0.25) is 15.9 Å². The highest BCUT2D eigenvalue weighted by Crippen LogP contribution is 2.35. The summed E-state index contributed by atoms with van der Waals surface area (Å²) in [6, 6.07) is 6.85. The smallest absolute Gasteiger partial charge is 0.343 e. The molecule has 180 valence electrons. The molecule has 10 heteroatoms. The van der Waals surface area contributed by atoms with Crippen molar-refractivity contribution >= 4 is 33.4 Å². The highest BCUT2D eigenvalue weighted by Gasteiger charge is 2.35. The number of hydrogen-bond donors (Lipinski definition) is 1. The Balaban J connectivity index is 1.38. The molecule has 2 saturated carbocycles. The maximum atomic E-state index is 12.4. The number of hydrogen-bond acceptors (Lipinski definition) is 4. The maximum absolute atomic E-state index is 12.4. The fraction of sp³-hybridized carbons (Fsp3) is 0.682. The summed E-state index contributed by atoms with van der Waals surface area (Å²) in [4.78, 5) is 15.3. The van der Waals surface area contributed by atoms with E-state index in [1.54, 1.807) is 23.9 Å². The van der Waals surface area contributed by atoms with Crippen molar-refractivity contribution in [3.05, 3.63) is 24.3 Å². The van der Waals surface area contributed by atoms with E-state index in [1.165, 1.54) is 18.6 Å². The molecule has 5 nitrogen and oxygen atoms in total. The van der Waals surface area contributed by atoms with Crippen LogP contribution in [0.4, 0.5) is 18.9 Å². The van der Waals surface area contributed by atoms with Crippen LogP contribution in [0.1, 0.15) is 51.4 Å². The van der Waals surface area contributed by atoms with Crippen LogP contribution in [0.3, 0.4) is 0 Å². The Kier molecular flexibility index (Phi) is 8.41. The van der Waals surface area contributed by atoms with Crippen LogP contribution in [-0.4, -0.2) is 50.0 Å². The fourth-order valence-electron chi connectivity index (χ4n) is 4.24. The zero-order chi connectivity index (χ0) is 23.4. The number of thioether (sulfide) groups is 1. The predicted molar refractivity (Wildman–Crippen MR) is 121 cm³/mol. The minimum absolute atomic E-state index is 0.121. The minimum atomic E-state index is -4.78. The number of amides is 1. The molecule has 0 radical (unpaired) electrons. The van der Waals surface area contributed by atoms with E-state index in [4.69, 9.17) is 0 Å². The maximum Gasteiger partial charge on any atom is 0.404 e. The number of halogens is 3. The van der Waals surface area contributed by atoms with Crippen LogP contribution in [0.15, 0.2) is 29.2 Å². The summed E-state index contributed by atoms with van der Waals surface area (Å²) >= 11 is 1.67. The van der Waals surface area contributed by atoms with E-state index in [0.717, 1.165) is 49.2 Å². The first kappa shape index (κ1) is 25.2. The van der Waals surface area contributed by atoms with E-state index in [9.17, 15) is 26.4 Å². The second-order valence-electron chi connectivity index (χ2n) is 8.99. The summed E-state index contributed by atoms with van der Waals surface area (Å²) in [6.45, 7) is 0. The van der Waals surface area contributed by atoms with E-state index >= 15 is 0 Å². The summed E-state index contributed by atoms with van der Waals surface area (Å²) in [6.07, 6.45) is 3.67. The number of alkyl halides is 3. The molecule has 0 bridgehead atoms. The molecule has 0 unspecified atom stereocenters. The molecule has 0 saturated heterocycles. The van der Waals surface area contributed by atoms with Crippen molar-refractivity contribution in [2.24, 2.45) is 11.8 Å². The van der Waals surface area contributed by atoms with Gasteiger partial charge in [0.15, 0.2) is 5.75 Å². The van der Waals surface area contributed by atoms with Crippen LogP contribution in [-0.2, 0) is 14.8 Å². The topological polar surface area (TPSA) is 66.5 Å². The first-order valence-corrected chi connectivity index (χ1v) is 13.7. The van der Waals surface area contributed by atoms with Gasteiger partial charge in [0.1, 0.15) is 0 Å². The molecule has 2 aliphatic carbocycles. The minimum Gasteiger partial charge on any atom is -0.343 e. The molecule has 2 fully saturated rings. The average Bonchev–Trinajstić information content (AvgIpc) is 2.65. The normalized spacial score (nSPS) is 22.2. The third-order valence-electron chi connectivity index (χ3n) is 6.41. The lowest BCUT2D eigenvalue weighted by molar-refractivity contribution is -0.134. The van der Waals surface area contributed by atoms with Gasteiger partial charge in [0.25, 0.3) is 0 Å². The Morgan fingerprint density at radius 3 is 2.19 bits per heavy atom. The van der Waals surface area contributed by atoms with Gasteiger partial charge in [-0.3, -0.25) is 9.52 Å². The predicted octanol–water partition coefficient (Wildman–Crippen LogP) is 5.29. The van der Waals surface area contributed by atoms with Gasteiger partial charge in [-0.15, -0.1) is 11.8 Å². The summed E-state index contributed by atoms with van der Waals surface area (Å²) in [5, 5.41) is 0. The third-order valence-corrected chi connectivity index (χ3v) is 8.91. The van der Waals surface area contributed by atoms with Gasteiger partial charge < -0.3 is 4.90 Å². The van der Waals surface area contributed by atoms with Crippen molar-refractivity contribution in [3.8, 4) is 0 Å². The molecular weight excluding hydrogens is 461 g/mol. The molecule has 1 aromatic carbocycles. The Morgan fingerprint density at radius 1 is 1.06 bits per heavy atom. The van der Waals surface area contributed by atoms with Gasteiger partial charge in [0.05, 0.1) is 0 Å². The van der Waals surface area contributed by atoms with Gasteiger partial charge in [-0.25, -0.2) is 8.42 Å². The van der Waals surface area contributed by atoms with Crippen LogP contribution < -0.4 is 4.72 Å². The fourth-order valence-corrected chi connectivity index (χ4v) is 6.32. The third kappa shape index (κ3) is 7.86. The highest BCUT2D eigenvalue weighted by atomic mass is 32.2. The lowest BCUT2D eigenvalue weighted by Crippen LogP contribution is -2.42. The van der Waals surface area contributed by atoms with Crippen molar-refractivity contribution in [1.82, 2.24) is 4.90 Å². The molecule has 0 spiro atoms. The quantitative estimate of drug-likeness (QED) is 0.476. The molecule has 0 aromatic heterocycles. The van der Waals surface area contributed by atoms with E-state index < -0.39 is 22.0 Å². The number of nitrogens with one attached hydrogen (secondary N) is 1. The van der Waals surface area contributed by atoms with Gasteiger partial charge in [0, 0.05) is 35.8 Å². The molecule has 2 aliphatic rings. The highest BCUT2D eigenvalue weighted by molar-refractivity contribution is 7.99. The number of carbonyl (C=O) groups is 1. The summed E-state index contributed by atoms with van der Waals surface area (Å²) in [5.74, 6) is 0.345. The zero-order valence-corrected chi connectivity index (χ0v) is 19.9. The average molecular weight is 493 g/mol. The number of nitrogens with zero attached hydrogens (tertiary/aromatic N) is 1. The van der Waals surface area contributed by atoms with Crippen LogP contribution in [0.2, 0.25) is 0 Å². The Labute approximate surface area is 192 Å². The second kappa shape index (κ2) is 10.7. The molecule has 0 heterocycles. The van der Waals surface area contributed by atoms with Crippen LogP contribution in [0, 0.1) is 11.8 Å². The number of anilines is 1. The largest absolute Gasteiger partial charge is 0.404 e. The van der Waals surface area contributed by atoms with Crippen molar-refractivity contribution < 1.29 is 26.4 Å². The van der Waals surface area contributed by atoms with Crippen molar-refractivity contribution in [1.29, 1.82) is 0 Å². The molecule has 1 aromatic rings. The van der Waals surface area contributed by atoms with Gasteiger partial charge in [-0.2, -0.15) is 13.2 Å². The molecule has 3 rings (SSSR count). The van der Waals surface area contributed by atoms with Crippen LogP contribution in [0.25, 0.3) is 0 Å². The molecule has 1 amide bonds. The first-order chi connectivity index (χ1) is 15.0. The summed E-state index contributed by atoms with van der Waals surface area (Å²) in [7, 11) is -2.53. The Hall–Kier alpha value is -1.42. The van der Waals surface area contributed by atoms with Crippen molar-refractivity contribution in [2.75, 3.05) is 23.3 Å². The van der Waals surface area contributed by atoms with E-state index in [0.29, 0.717) is 24.3 Å². The van der Waals surface area contributed by atoms with E-state index in [-0.39, 0.29) is 11.6 Å². The monoisotopic (exact) mass is 492 g/mol. The van der Waals surface area contributed by atoms with Crippen molar-refractivity contribution in [3.63, 3.8) is 0 Å². The lowest BCUT2D eigenvalue weighted by atomic mass is 9.81. The summed E-state index contributed by atoms with van der Waals surface area (Å²) < 4.78 is 62.0. The Morgan fingerprint density at radius 2 is 1.66 bits per heavy atom. The zero-order valence-electron chi connectivity index (χ0n) is 18.2. The van der Waals surface area contributed by atoms with Crippen LogP contribution >= 0.6 is 11.8 Å². The van der Waals surface area contributed by atoms with E-state index in [1.807, 2.05) is 16.7 Å². The number of sulfonamides is 1. The molecule has 0 atom stereocenters. The SMILES string of the molecule is CN(C(=O)CC1CCC(CSc2ccc(NS(=O)(=O)CC(F)(F)F)cc2)CC1)C1CCC1. The van der Waals surface area contributed by atoms with Crippen molar-refractivity contribution in [2.45, 2.75) is 68.5 Å². The molecule has 1 N–H and O–H groups in total. The van der Waals surface area contributed by atoms with Crippen LogP contribution in [0.5, 0.6) is 0 Å². The van der Waals surface area contributed by atoms with Gasteiger partial charge in [-0.1, -0.05) is 0 Å². The lowest BCUT2D eigenvalue weighted by Gasteiger charge is -2.36. The van der Waals surface area contributed by atoms with Gasteiger partial charge >= 0.3 is 6.18 Å². The molecule has 32 heavy (non-hydrogen) atoms. The Bertz CT molecular complexity index is 863. The van der Waals surface area contributed by atoms with E-state index in [2.05, 4.69) is 0 Å². The number of rotatable bonds is 9. The number of carbonyl (C=O) groups excluding carboxylic acids is 1. The number of benzene rings is 1. The molecule has 0 aliphatic heterocycles. The first-order valence-electron chi connectivity index (χ1n) is 11.1. The molecular formula is C22H31F3N2O3S2. The van der Waals surface area contributed by atoms with Gasteiger partial charge in [-0.05, 0) is 81.0 Å². The second-order valence-corrected chi connectivity index (χ2v) is 11.8. The standard InChI is InChI=1S/C22H31F3N2O3S2/c1-27(19-3-2-4-19)21(28)13-16-5-7-17(8-6-16)14-31-20-11-9-18(10-12-20)26-32(29,30)15-22(23,24)25/h9-12,16-17,19,26H,2-8,13-15H2,1H3.